The largest absolute Gasteiger partial charge is 0.495 e. The second kappa shape index (κ2) is 6.83. The van der Waals surface area contributed by atoms with Crippen molar-refractivity contribution in [2.45, 2.75) is 25.3 Å². The van der Waals surface area contributed by atoms with Crippen molar-refractivity contribution in [2.24, 2.45) is 0 Å². The topological polar surface area (TPSA) is 21.3 Å². The van der Waals surface area contributed by atoms with Gasteiger partial charge in [-0.25, -0.2) is 8.78 Å². The molecule has 0 fully saturated rings. The van der Waals surface area contributed by atoms with Crippen LogP contribution in [0.5, 0.6) is 5.75 Å². The minimum Gasteiger partial charge on any atom is -0.495 e. The Bertz CT molecular complexity index is 471. The van der Waals surface area contributed by atoms with E-state index in [0.29, 0.717) is 0 Å². The van der Waals surface area contributed by atoms with Gasteiger partial charge in [-0.05, 0) is 18.2 Å². The van der Waals surface area contributed by atoms with Crippen LogP contribution >= 0.6 is 23.2 Å². The van der Waals surface area contributed by atoms with E-state index in [9.17, 15) is 17.6 Å². The molecule has 0 amide bonds. The van der Waals surface area contributed by atoms with Gasteiger partial charge in [0.05, 0.1) is 12.1 Å². The van der Waals surface area contributed by atoms with Crippen molar-refractivity contribution >= 4 is 23.2 Å². The maximum absolute atomic E-state index is 13.6. The Morgan fingerprint density at radius 2 is 1.85 bits per heavy atom. The number of halogens is 6. The van der Waals surface area contributed by atoms with E-state index < -0.39 is 18.4 Å². The highest BCUT2D eigenvalue weighted by molar-refractivity contribution is 6.34. The molecule has 0 spiro atoms. The first kappa shape index (κ1) is 17.3. The summed E-state index contributed by atoms with van der Waals surface area (Å²) in [6.07, 6.45) is -3.83. The van der Waals surface area contributed by atoms with E-state index in [4.69, 9.17) is 27.9 Å². The summed E-state index contributed by atoms with van der Waals surface area (Å²) in [5.74, 6) is -4.10. The molecule has 1 N–H and O–H groups in total. The molecule has 0 bridgehead atoms. The fraction of sp³-hybridized carbons (Fsp3) is 0.500. The predicted molar refractivity (Wildman–Crippen MR) is 70.4 cm³/mol. The van der Waals surface area contributed by atoms with Gasteiger partial charge < -0.3 is 10.1 Å². The van der Waals surface area contributed by atoms with Gasteiger partial charge in [0, 0.05) is 11.1 Å². The number of nitrogens with one attached hydrogen (secondary N) is 1. The molecule has 0 aliphatic heterocycles. The molecule has 0 radical (unpaired) electrons. The van der Waals surface area contributed by atoms with Gasteiger partial charge in [-0.3, -0.25) is 0 Å². The molecule has 20 heavy (non-hydrogen) atoms. The Hall–Kier alpha value is -0.720. The molecular weight excluding hydrogens is 321 g/mol. The summed E-state index contributed by atoms with van der Waals surface area (Å²) in [4.78, 5) is 0. The average molecular weight is 334 g/mol. The molecule has 0 aromatic heterocycles. The molecule has 114 valence electrons. The highest BCUT2D eigenvalue weighted by Gasteiger charge is 2.49. The predicted octanol–water partition coefficient (Wildman–Crippen LogP) is 4.55. The number of methoxy groups -OCH3 is 1. The molecule has 0 aliphatic carbocycles. The number of benzene rings is 1. The maximum Gasteiger partial charge on any atom is 0.326 e. The third kappa shape index (κ3) is 3.48. The third-order valence-electron chi connectivity index (χ3n) is 2.67. The van der Waals surface area contributed by atoms with Crippen LogP contribution in [0.4, 0.5) is 17.6 Å². The van der Waals surface area contributed by atoms with E-state index in [1.54, 1.807) is 0 Å². The first-order valence-electron chi connectivity index (χ1n) is 5.67. The molecular formula is C12H13Cl2F4NO. The minimum absolute atomic E-state index is 0.0138. The van der Waals surface area contributed by atoms with Crippen LogP contribution in [0, 0.1) is 0 Å². The van der Waals surface area contributed by atoms with Crippen molar-refractivity contribution in [1.82, 2.24) is 5.32 Å². The molecule has 1 aromatic rings. The van der Waals surface area contributed by atoms with Gasteiger partial charge in [0.2, 0.25) is 0 Å². The van der Waals surface area contributed by atoms with Crippen molar-refractivity contribution in [1.29, 1.82) is 0 Å². The molecule has 0 saturated heterocycles. The van der Waals surface area contributed by atoms with Gasteiger partial charge in [-0.15, -0.1) is 0 Å². The van der Waals surface area contributed by atoms with Crippen LogP contribution in [0.1, 0.15) is 18.5 Å². The lowest BCUT2D eigenvalue weighted by molar-refractivity contribution is -0.151. The molecule has 1 aromatic carbocycles. The second-order valence-corrected chi connectivity index (χ2v) is 4.79. The molecule has 1 atom stereocenters. The van der Waals surface area contributed by atoms with Crippen molar-refractivity contribution in [3.63, 3.8) is 0 Å². The number of rotatable bonds is 6. The van der Waals surface area contributed by atoms with Gasteiger partial charge in [0.15, 0.2) is 0 Å². The Morgan fingerprint density at radius 3 is 2.30 bits per heavy atom. The first-order valence-corrected chi connectivity index (χ1v) is 6.43. The van der Waals surface area contributed by atoms with E-state index in [2.05, 4.69) is 5.32 Å². The smallest absolute Gasteiger partial charge is 0.326 e. The highest BCUT2D eigenvalue weighted by Crippen LogP contribution is 2.42. The zero-order valence-corrected chi connectivity index (χ0v) is 12.2. The normalized spacial score (nSPS) is 13.7. The molecule has 1 unspecified atom stereocenters. The molecule has 0 heterocycles. The van der Waals surface area contributed by atoms with Crippen LogP contribution in [-0.4, -0.2) is 26.0 Å². The average Bonchev–Trinajstić information content (AvgIpc) is 2.38. The van der Waals surface area contributed by atoms with E-state index in [1.165, 1.54) is 20.1 Å². The molecule has 0 aliphatic rings. The van der Waals surface area contributed by atoms with E-state index in [-0.39, 0.29) is 27.9 Å². The van der Waals surface area contributed by atoms with Gasteiger partial charge in [-0.2, -0.15) is 8.78 Å². The van der Waals surface area contributed by atoms with E-state index in [0.717, 1.165) is 6.07 Å². The van der Waals surface area contributed by atoms with Crippen molar-refractivity contribution in [3.05, 3.63) is 27.7 Å². The molecule has 8 heteroatoms. The zero-order valence-electron chi connectivity index (χ0n) is 10.7. The maximum atomic E-state index is 13.6. The Kier molecular flexibility index (Phi) is 5.91. The lowest BCUT2D eigenvalue weighted by atomic mass is 10.00. The monoisotopic (exact) mass is 333 g/mol. The van der Waals surface area contributed by atoms with Crippen molar-refractivity contribution < 1.29 is 22.3 Å². The van der Waals surface area contributed by atoms with Crippen LogP contribution in [-0.2, 0) is 0 Å². The lowest BCUT2D eigenvalue weighted by Gasteiger charge is -2.28. The van der Waals surface area contributed by atoms with Gasteiger partial charge >= 0.3 is 12.3 Å². The molecule has 1 rings (SSSR count). The highest BCUT2D eigenvalue weighted by atomic mass is 35.5. The SMILES string of the molecule is CCNC(c1cc(Cl)c(OC)cc1Cl)C(F)(F)C(F)F. The van der Waals surface area contributed by atoms with Gasteiger partial charge in [0.25, 0.3) is 0 Å². The van der Waals surface area contributed by atoms with E-state index in [1.807, 2.05) is 0 Å². The number of ether oxygens (including phenoxy) is 1. The van der Waals surface area contributed by atoms with Crippen molar-refractivity contribution in [3.8, 4) is 5.75 Å². The number of alkyl halides is 4. The zero-order chi connectivity index (χ0) is 15.5. The van der Waals surface area contributed by atoms with Crippen molar-refractivity contribution in [2.75, 3.05) is 13.7 Å². The summed E-state index contributed by atoms with van der Waals surface area (Å²) >= 11 is 11.7. The summed E-state index contributed by atoms with van der Waals surface area (Å²) in [7, 11) is 1.33. The number of hydrogen-bond acceptors (Lipinski definition) is 2. The summed E-state index contributed by atoms with van der Waals surface area (Å²) < 4.78 is 57.3. The fourth-order valence-corrected chi connectivity index (χ4v) is 2.22. The standard InChI is InChI=1S/C12H13Cl2F4NO/c1-3-19-10(12(17,18)11(15)16)6-4-8(14)9(20-2)5-7(6)13/h4-5,10-11,19H,3H2,1-2H3. The number of hydrogen-bond donors (Lipinski definition) is 1. The fourth-order valence-electron chi connectivity index (χ4n) is 1.71. The Morgan fingerprint density at radius 1 is 1.25 bits per heavy atom. The first-order chi connectivity index (χ1) is 9.25. The lowest BCUT2D eigenvalue weighted by Crippen LogP contribution is -2.42. The molecule has 0 saturated carbocycles. The van der Waals surface area contributed by atoms with Crippen LogP contribution in [0.15, 0.2) is 12.1 Å². The van der Waals surface area contributed by atoms with Gasteiger partial charge in [-0.1, -0.05) is 30.1 Å². The quantitative estimate of drug-likeness (QED) is 0.771. The Labute approximate surface area is 124 Å². The summed E-state index contributed by atoms with van der Waals surface area (Å²) in [5, 5.41) is 2.20. The van der Waals surface area contributed by atoms with Crippen LogP contribution in [0.2, 0.25) is 10.0 Å². The van der Waals surface area contributed by atoms with Crippen LogP contribution in [0.3, 0.4) is 0 Å². The summed E-state index contributed by atoms with van der Waals surface area (Å²) in [6.45, 7) is 1.58. The molecule has 2 nitrogen and oxygen atoms in total. The summed E-state index contributed by atoms with van der Waals surface area (Å²) in [6, 6.07) is 0.376. The summed E-state index contributed by atoms with van der Waals surface area (Å²) in [5.41, 5.74) is -0.204. The minimum atomic E-state index is -4.28. The van der Waals surface area contributed by atoms with Crippen LogP contribution in [0.25, 0.3) is 0 Å². The second-order valence-electron chi connectivity index (χ2n) is 3.97. The third-order valence-corrected chi connectivity index (χ3v) is 3.29. The Balaban J connectivity index is 3.32. The van der Waals surface area contributed by atoms with E-state index >= 15 is 0 Å². The van der Waals surface area contributed by atoms with Crippen LogP contribution < -0.4 is 10.1 Å². The van der Waals surface area contributed by atoms with Gasteiger partial charge in [0.1, 0.15) is 11.8 Å².